The molecule has 4 nitrogen and oxygen atoms in total. The number of amides is 1. The number of fused-ring (bicyclic) bond motifs is 1. The van der Waals surface area contributed by atoms with Gasteiger partial charge in [-0.15, -0.1) is 0 Å². The summed E-state index contributed by atoms with van der Waals surface area (Å²) in [5, 5.41) is 3.22. The van der Waals surface area contributed by atoms with Crippen LogP contribution in [0.2, 0.25) is 5.02 Å². The lowest BCUT2D eigenvalue weighted by atomic mass is 10.0. The van der Waals surface area contributed by atoms with Crippen LogP contribution in [0.25, 0.3) is 0 Å². The maximum atomic E-state index is 12.4. The molecular formula is C16H11BrClNO3. The molecule has 6 heteroatoms. The van der Waals surface area contributed by atoms with Crippen molar-refractivity contribution in [2.45, 2.75) is 6.42 Å². The molecule has 1 heterocycles. The topological polar surface area (TPSA) is 55.4 Å². The highest BCUT2D eigenvalue weighted by molar-refractivity contribution is 9.10. The molecule has 0 radical (unpaired) electrons. The minimum Gasteiger partial charge on any atom is -0.482 e. The van der Waals surface area contributed by atoms with Gasteiger partial charge in [0.15, 0.2) is 12.4 Å². The van der Waals surface area contributed by atoms with E-state index in [1.54, 1.807) is 18.2 Å². The Morgan fingerprint density at radius 3 is 2.95 bits per heavy atom. The van der Waals surface area contributed by atoms with Crippen LogP contribution in [0.1, 0.15) is 15.9 Å². The van der Waals surface area contributed by atoms with Crippen LogP contribution in [0.15, 0.2) is 40.9 Å². The van der Waals surface area contributed by atoms with Gasteiger partial charge in [-0.05, 0) is 45.8 Å². The van der Waals surface area contributed by atoms with Crippen molar-refractivity contribution in [1.82, 2.24) is 0 Å². The van der Waals surface area contributed by atoms with Gasteiger partial charge < -0.3 is 10.1 Å². The maximum Gasteiger partial charge on any atom is 0.262 e. The van der Waals surface area contributed by atoms with E-state index in [9.17, 15) is 9.59 Å². The molecule has 1 amide bonds. The van der Waals surface area contributed by atoms with E-state index in [1.165, 1.54) is 0 Å². The Balaban J connectivity index is 1.85. The number of rotatable bonds is 3. The first-order valence-corrected chi connectivity index (χ1v) is 7.74. The summed E-state index contributed by atoms with van der Waals surface area (Å²) in [5.74, 6) is 0.256. The van der Waals surface area contributed by atoms with Gasteiger partial charge >= 0.3 is 0 Å². The van der Waals surface area contributed by atoms with Crippen LogP contribution in [0.4, 0.5) is 5.69 Å². The number of hydrogen-bond acceptors (Lipinski definition) is 3. The Morgan fingerprint density at radius 2 is 2.14 bits per heavy atom. The lowest BCUT2D eigenvalue weighted by molar-refractivity contribution is -0.118. The third-order valence-electron chi connectivity index (χ3n) is 3.32. The van der Waals surface area contributed by atoms with Crippen LogP contribution in [-0.4, -0.2) is 18.3 Å². The summed E-state index contributed by atoms with van der Waals surface area (Å²) in [5.41, 5.74) is 1.77. The van der Waals surface area contributed by atoms with Crippen molar-refractivity contribution in [1.29, 1.82) is 0 Å². The Morgan fingerprint density at radius 1 is 1.32 bits per heavy atom. The Labute approximate surface area is 140 Å². The molecule has 2 aromatic carbocycles. The fourth-order valence-corrected chi connectivity index (χ4v) is 2.82. The molecule has 0 bridgehead atoms. The highest BCUT2D eigenvalue weighted by atomic mass is 79.9. The fraction of sp³-hybridized carbons (Fsp3) is 0.125. The van der Waals surface area contributed by atoms with Crippen molar-refractivity contribution in [2.24, 2.45) is 0 Å². The molecule has 0 saturated carbocycles. The maximum absolute atomic E-state index is 12.4. The zero-order valence-corrected chi connectivity index (χ0v) is 13.7. The average Bonchev–Trinajstić information content (AvgIpc) is 2.51. The number of ether oxygens (including phenoxy) is 1. The smallest absolute Gasteiger partial charge is 0.262 e. The molecule has 3 rings (SSSR count). The molecule has 0 fully saturated rings. The lowest BCUT2D eigenvalue weighted by Gasteiger charge is -2.18. The van der Waals surface area contributed by atoms with Crippen molar-refractivity contribution in [3.63, 3.8) is 0 Å². The highest BCUT2D eigenvalue weighted by Gasteiger charge is 2.18. The van der Waals surface area contributed by atoms with Gasteiger partial charge in [0.1, 0.15) is 5.75 Å². The minimum atomic E-state index is -0.230. The molecule has 22 heavy (non-hydrogen) atoms. The van der Waals surface area contributed by atoms with Crippen LogP contribution in [0, 0.1) is 0 Å². The number of Topliss-reactive ketones (excluding diaryl/α,β-unsaturated/α-hetero) is 1. The molecule has 0 unspecified atom stereocenters. The summed E-state index contributed by atoms with van der Waals surface area (Å²) in [7, 11) is 0. The second-order valence-corrected chi connectivity index (χ2v) is 6.09. The zero-order chi connectivity index (χ0) is 15.7. The van der Waals surface area contributed by atoms with Gasteiger partial charge in [0.05, 0.1) is 10.7 Å². The summed E-state index contributed by atoms with van der Waals surface area (Å²) in [6.45, 7) is -0.00601. The van der Waals surface area contributed by atoms with Gasteiger partial charge in [0.2, 0.25) is 0 Å². The van der Waals surface area contributed by atoms with E-state index in [4.69, 9.17) is 16.3 Å². The number of halogens is 2. The lowest BCUT2D eigenvalue weighted by Crippen LogP contribution is -2.25. The van der Waals surface area contributed by atoms with E-state index in [-0.39, 0.29) is 24.7 Å². The van der Waals surface area contributed by atoms with E-state index < -0.39 is 0 Å². The summed E-state index contributed by atoms with van der Waals surface area (Å²) in [6, 6.07) is 10.5. The van der Waals surface area contributed by atoms with E-state index in [0.717, 1.165) is 10.0 Å². The van der Waals surface area contributed by atoms with E-state index in [2.05, 4.69) is 21.2 Å². The number of hydrogen-bond donors (Lipinski definition) is 1. The standard InChI is InChI=1S/C16H11BrClNO3/c17-11-3-1-2-10(16(11)18)7-13(20)9-4-5-14-12(6-9)19-15(21)8-22-14/h1-6H,7-8H2,(H,19,21). The molecular weight excluding hydrogens is 370 g/mol. The summed E-state index contributed by atoms with van der Waals surface area (Å²) < 4.78 is 6.03. The summed E-state index contributed by atoms with van der Waals surface area (Å²) >= 11 is 9.52. The number of carbonyl (C=O) groups is 2. The van der Waals surface area contributed by atoms with Gasteiger partial charge in [-0.1, -0.05) is 23.7 Å². The zero-order valence-electron chi connectivity index (χ0n) is 11.4. The largest absolute Gasteiger partial charge is 0.482 e. The number of benzene rings is 2. The van der Waals surface area contributed by atoms with Crippen molar-refractivity contribution in [3.05, 3.63) is 57.0 Å². The molecule has 0 spiro atoms. The summed E-state index contributed by atoms with van der Waals surface area (Å²) in [4.78, 5) is 23.8. The molecule has 2 aromatic rings. The first-order chi connectivity index (χ1) is 10.5. The fourth-order valence-electron chi connectivity index (χ4n) is 2.22. The average molecular weight is 381 g/mol. The molecule has 1 aliphatic rings. The van der Waals surface area contributed by atoms with Crippen molar-refractivity contribution in [2.75, 3.05) is 11.9 Å². The predicted octanol–water partition coefficient (Wildman–Crippen LogP) is 3.86. The molecule has 0 saturated heterocycles. The van der Waals surface area contributed by atoms with Gasteiger partial charge in [0.25, 0.3) is 5.91 Å². The molecule has 1 aliphatic heterocycles. The Hall–Kier alpha value is -1.85. The van der Waals surface area contributed by atoms with Crippen LogP contribution < -0.4 is 10.1 Å². The van der Waals surface area contributed by atoms with E-state index in [0.29, 0.717) is 22.0 Å². The van der Waals surface area contributed by atoms with Crippen LogP contribution in [0.3, 0.4) is 0 Å². The van der Waals surface area contributed by atoms with Crippen molar-refractivity contribution in [3.8, 4) is 5.75 Å². The molecule has 0 aliphatic carbocycles. The SMILES string of the molecule is O=C1COc2ccc(C(=O)Cc3cccc(Br)c3Cl)cc2N1. The van der Waals surface area contributed by atoms with Crippen LogP contribution in [0.5, 0.6) is 5.75 Å². The monoisotopic (exact) mass is 379 g/mol. The molecule has 0 aromatic heterocycles. The van der Waals surface area contributed by atoms with Crippen molar-refractivity contribution >= 4 is 44.9 Å². The summed E-state index contributed by atoms with van der Waals surface area (Å²) in [6.07, 6.45) is 0.186. The third kappa shape index (κ3) is 3.00. The van der Waals surface area contributed by atoms with Crippen molar-refractivity contribution < 1.29 is 14.3 Å². The molecule has 112 valence electrons. The Bertz CT molecular complexity index is 776. The quantitative estimate of drug-likeness (QED) is 0.823. The minimum absolute atomic E-state index is 0.00601. The van der Waals surface area contributed by atoms with Gasteiger partial charge in [-0.25, -0.2) is 0 Å². The van der Waals surface area contributed by atoms with Gasteiger partial charge in [0, 0.05) is 16.5 Å². The predicted molar refractivity (Wildman–Crippen MR) is 87.8 cm³/mol. The second-order valence-electron chi connectivity index (χ2n) is 4.86. The van der Waals surface area contributed by atoms with Crippen LogP contribution >= 0.6 is 27.5 Å². The van der Waals surface area contributed by atoms with E-state index in [1.807, 2.05) is 18.2 Å². The second kappa shape index (κ2) is 6.10. The van der Waals surface area contributed by atoms with Crippen LogP contribution in [-0.2, 0) is 11.2 Å². The van der Waals surface area contributed by atoms with Gasteiger partial charge in [-0.3, -0.25) is 9.59 Å². The highest BCUT2D eigenvalue weighted by Crippen LogP contribution is 2.30. The normalized spacial score (nSPS) is 13.1. The number of ketones is 1. The number of carbonyl (C=O) groups excluding carboxylic acids is 2. The first-order valence-electron chi connectivity index (χ1n) is 6.57. The number of anilines is 1. The molecule has 1 N–H and O–H groups in total. The third-order valence-corrected chi connectivity index (χ3v) is 4.65. The first kappa shape index (κ1) is 15.1. The Kier molecular flexibility index (Phi) is 4.18. The van der Waals surface area contributed by atoms with Gasteiger partial charge in [-0.2, -0.15) is 0 Å². The van der Waals surface area contributed by atoms with E-state index >= 15 is 0 Å². The molecule has 0 atom stereocenters. The number of nitrogens with one attached hydrogen (secondary N) is 1.